The van der Waals surface area contributed by atoms with E-state index in [1.165, 1.54) is 5.56 Å². The molecule has 0 radical (unpaired) electrons. The molecule has 0 bridgehead atoms. The molecule has 1 fully saturated rings. The Bertz CT molecular complexity index is 592. The summed E-state index contributed by atoms with van der Waals surface area (Å²) in [6.07, 6.45) is 3.65. The van der Waals surface area contributed by atoms with Crippen LogP contribution in [0.5, 0.6) is 5.75 Å². The molecule has 1 saturated heterocycles. The van der Waals surface area contributed by atoms with Gasteiger partial charge in [-0.25, -0.2) is 0 Å². The van der Waals surface area contributed by atoms with Crippen molar-refractivity contribution in [2.45, 2.75) is 12.8 Å². The summed E-state index contributed by atoms with van der Waals surface area (Å²) in [4.78, 5) is 14.1. The zero-order valence-electron chi connectivity index (χ0n) is 12.1. The van der Waals surface area contributed by atoms with Crippen molar-refractivity contribution in [3.8, 4) is 5.75 Å². The summed E-state index contributed by atoms with van der Waals surface area (Å²) >= 11 is 0. The fourth-order valence-corrected chi connectivity index (χ4v) is 2.82. The first-order valence-corrected chi connectivity index (χ1v) is 7.18. The summed E-state index contributed by atoms with van der Waals surface area (Å²) in [5.74, 6) is 1.44. The number of H-pyrrole nitrogens is 1. The SMILES string of the molecule is COc1ccc(CC2CCN(C(=O)c3ccn[nH]3)C2)cc1. The second kappa shape index (κ2) is 5.99. The molecule has 0 saturated carbocycles. The topological polar surface area (TPSA) is 58.2 Å². The third kappa shape index (κ3) is 3.07. The molecule has 2 aromatic rings. The van der Waals surface area contributed by atoms with Crippen LogP contribution >= 0.6 is 0 Å². The van der Waals surface area contributed by atoms with E-state index in [0.717, 1.165) is 31.7 Å². The lowest BCUT2D eigenvalue weighted by Gasteiger charge is -2.15. The standard InChI is InChI=1S/C16H19N3O2/c1-21-14-4-2-12(3-5-14)10-13-7-9-19(11-13)16(20)15-6-8-17-18-15/h2-6,8,13H,7,9-11H2,1H3,(H,17,18). The summed E-state index contributed by atoms with van der Waals surface area (Å²) in [5, 5.41) is 6.57. The maximum Gasteiger partial charge on any atom is 0.271 e. The first-order chi connectivity index (χ1) is 10.3. The summed E-state index contributed by atoms with van der Waals surface area (Å²) in [6, 6.07) is 9.88. The van der Waals surface area contributed by atoms with E-state index in [1.54, 1.807) is 19.4 Å². The first kappa shape index (κ1) is 13.7. The predicted octanol–water partition coefficient (Wildman–Crippen LogP) is 2.12. The molecule has 1 aliphatic rings. The highest BCUT2D eigenvalue weighted by atomic mass is 16.5. The van der Waals surface area contributed by atoms with Gasteiger partial charge >= 0.3 is 0 Å². The number of nitrogens with zero attached hydrogens (tertiary/aromatic N) is 2. The number of aromatic amines is 1. The fraction of sp³-hybridized carbons (Fsp3) is 0.375. The number of nitrogens with one attached hydrogen (secondary N) is 1. The van der Waals surface area contributed by atoms with Gasteiger partial charge in [0.15, 0.2) is 0 Å². The van der Waals surface area contributed by atoms with E-state index in [9.17, 15) is 4.79 Å². The van der Waals surface area contributed by atoms with E-state index in [1.807, 2.05) is 17.0 Å². The van der Waals surface area contributed by atoms with Gasteiger partial charge in [-0.3, -0.25) is 9.89 Å². The number of ether oxygens (including phenoxy) is 1. The summed E-state index contributed by atoms with van der Waals surface area (Å²) in [6.45, 7) is 1.63. The Kier molecular flexibility index (Phi) is 3.90. The van der Waals surface area contributed by atoms with Crippen LogP contribution in [-0.4, -0.2) is 41.2 Å². The highest BCUT2D eigenvalue weighted by Crippen LogP contribution is 2.23. The average Bonchev–Trinajstić information content (AvgIpc) is 3.19. The number of likely N-dealkylation sites (tertiary alicyclic amines) is 1. The fourth-order valence-electron chi connectivity index (χ4n) is 2.82. The number of hydrogen-bond donors (Lipinski definition) is 1. The maximum absolute atomic E-state index is 12.2. The lowest BCUT2D eigenvalue weighted by Crippen LogP contribution is -2.29. The van der Waals surface area contributed by atoms with Gasteiger partial charge in [0.2, 0.25) is 0 Å². The number of benzene rings is 1. The molecule has 1 aromatic heterocycles. The van der Waals surface area contributed by atoms with E-state index in [4.69, 9.17) is 4.74 Å². The number of carbonyl (C=O) groups is 1. The highest BCUT2D eigenvalue weighted by molar-refractivity contribution is 5.92. The Hall–Kier alpha value is -2.30. The van der Waals surface area contributed by atoms with Crippen LogP contribution in [0.25, 0.3) is 0 Å². The molecule has 5 heteroatoms. The van der Waals surface area contributed by atoms with Gasteiger partial charge in [-0.1, -0.05) is 12.1 Å². The number of rotatable bonds is 4. The molecule has 21 heavy (non-hydrogen) atoms. The van der Waals surface area contributed by atoms with Crippen LogP contribution < -0.4 is 4.74 Å². The van der Waals surface area contributed by atoms with Crippen molar-refractivity contribution in [3.63, 3.8) is 0 Å². The minimum absolute atomic E-state index is 0.0460. The summed E-state index contributed by atoms with van der Waals surface area (Å²) < 4.78 is 5.17. The van der Waals surface area contributed by atoms with Crippen LogP contribution in [0, 0.1) is 5.92 Å². The van der Waals surface area contributed by atoms with Gasteiger partial charge in [-0.2, -0.15) is 5.10 Å². The second-order valence-corrected chi connectivity index (χ2v) is 5.43. The number of carbonyl (C=O) groups excluding carboxylic acids is 1. The zero-order valence-corrected chi connectivity index (χ0v) is 12.1. The van der Waals surface area contributed by atoms with Crippen molar-refractivity contribution >= 4 is 5.91 Å². The van der Waals surface area contributed by atoms with E-state index in [0.29, 0.717) is 11.6 Å². The van der Waals surface area contributed by atoms with Crippen molar-refractivity contribution in [3.05, 3.63) is 47.8 Å². The molecule has 1 N–H and O–H groups in total. The van der Waals surface area contributed by atoms with Crippen molar-refractivity contribution in [1.29, 1.82) is 0 Å². The minimum atomic E-state index is 0.0460. The summed E-state index contributed by atoms with van der Waals surface area (Å²) in [7, 11) is 1.67. The smallest absolute Gasteiger partial charge is 0.271 e. The van der Waals surface area contributed by atoms with E-state index in [2.05, 4.69) is 22.3 Å². The predicted molar refractivity (Wildman–Crippen MR) is 79.3 cm³/mol. The number of amides is 1. The molecular formula is C16H19N3O2. The molecule has 1 aromatic carbocycles. The van der Waals surface area contributed by atoms with E-state index in [-0.39, 0.29) is 5.91 Å². The Morgan fingerprint density at radius 1 is 1.38 bits per heavy atom. The Morgan fingerprint density at radius 3 is 2.86 bits per heavy atom. The highest BCUT2D eigenvalue weighted by Gasteiger charge is 2.27. The normalized spacial score (nSPS) is 18.0. The van der Waals surface area contributed by atoms with Crippen LogP contribution in [0.2, 0.25) is 0 Å². The van der Waals surface area contributed by atoms with Gasteiger partial charge in [0.25, 0.3) is 5.91 Å². The number of methoxy groups -OCH3 is 1. The molecular weight excluding hydrogens is 266 g/mol. The van der Waals surface area contributed by atoms with Gasteiger partial charge in [0, 0.05) is 19.3 Å². The lowest BCUT2D eigenvalue weighted by molar-refractivity contribution is 0.0781. The van der Waals surface area contributed by atoms with Crippen LogP contribution in [-0.2, 0) is 6.42 Å². The molecule has 0 aliphatic carbocycles. The van der Waals surface area contributed by atoms with Gasteiger partial charge in [-0.15, -0.1) is 0 Å². The Labute approximate surface area is 123 Å². The molecule has 0 spiro atoms. The first-order valence-electron chi connectivity index (χ1n) is 7.18. The number of aromatic nitrogens is 2. The molecule has 1 atom stereocenters. The van der Waals surface area contributed by atoms with Crippen LogP contribution in [0.4, 0.5) is 0 Å². The van der Waals surface area contributed by atoms with Crippen LogP contribution in [0.15, 0.2) is 36.5 Å². The van der Waals surface area contributed by atoms with Gasteiger partial charge < -0.3 is 9.64 Å². The molecule has 110 valence electrons. The van der Waals surface area contributed by atoms with Gasteiger partial charge in [0.1, 0.15) is 11.4 Å². The van der Waals surface area contributed by atoms with E-state index >= 15 is 0 Å². The van der Waals surface area contributed by atoms with Crippen molar-refractivity contribution < 1.29 is 9.53 Å². The third-order valence-electron chi connectivity index (χ3n) is 3.99. The Morgan fingerprint density at radius 2 is 2.19 bits per heavy atom. The molecule has 1 unspecified atom stereocenters. The quantitative estimate of drug-likeness (QED) is 0.936. The van der Waals surface area contributed by atoms with Crippen LogP contribution in [0.1, 0.15) is 22.5 Å². The van der Waals surface area contributed by atoms with Gasteiger partial charge in [0.05, 0.1) is 7.11 Å². The largest absolute Gasteiger partial charge is 0.497 e. The van der Waals surface area contributed by atoms with Gasteiger partial charge in [-0.05, 0) is 42.5 Å². The average molecular weight is 285 g/mol. The van der Waals surface area contributed by atoms with Crippen molar-refractivity contribution in [2.24, 2.45) is 5.92 Å². The van der Waals surface area contributed by atoms with Crippen molar-refractivity contribution in [1.82, 2.24) is 15.1 Å². The molecule has 1 aliphatic heterocycles. The maximum atomic E-state index is 12.2. The van der Waals surface area contributed by atoms with E-state index < -0.39 is 0 Å². The summed E-state index contributed by atoms with van der Waals surface area (Å²) in [5.41, 5.74) is 1.86. The lowest BCUT2D eigenvalue weighted by atomic mass is 9.99. The minimum Gasteiger partial charge on any atom is -0.497 e. The molecule has 1 amide bonds. The molecule has 3 rings (SSSR count). The molecule has 2 heterocycles. The monoisotopic (exact) mass is 285 g/mol. The molecule has 5 nitrogen and oxygen atoms in total. The number of hydrogen-bond acceptors (Lipinski definition) is 3. The zero-order chi connectivity index (χ0) is 14.7. The van der Waals surface area contributed by atoms with Crippen molar-refractivity contribution in [2.75, 3.05) is 20.2 Å². The second-order valence-electron chi connectivity index (χ2n) is 5.43. The third-order valence-corrected chi connectivity index (χ3v) is 3.99. The Balaban J connectivity index is 1.58. The van der Waals surface area contributed by atoms with Crippen LogP contribution in [0.3, 0.4) is 0 Å².